The Balaban J connectivity index is 2.81. The fourth-order valence-electron chi connectivity index (χ4n) is 1.97. The Kier molecular flexibility index (Phi) is 7.50. The number of rotatable bonds is 7. The molecule has 0 aliphatic heterocycles. The second kappa shape index (κ2) is 8.89. The summed E-state index contributed by atoms with van der Waals surface area (Å²) < 4.78 is 43.8. The molecule has 9 heteroatoms. The lowest BCUT2D eigenvalue weighted by atomic mass is 10.1. The number of methoxy groups -OCH3 is 1. The third-order valence-corrected chi connectivity index (χ3v) is 3.35. The van der Waals surface area contributed by atoms with E-state index in [-0.39, 0.29) is 24.0 Å². The highest BCUT2D eigenvalue weighted by atomic mass is 35.5. The number of hydrogen-bond acceptors (Lipinski definition) is 3. The molecule has 2 amide bonds. The number of carbonyl (C=O) groups is 2. The number of ether oxygens (including phenoxy) is 1. The molecule has 0 unspecified atom stereocenters. The first-order valence-electron chi connectivity index (χ1n) is 7.06. The van der Waals surface area contributed by atoms with Crippen molar-refractivity contribution in [3.63, 3.8) is 0 Å². The molecule has 1 aromatic carbocycles. The predicted octanol–water partition coefficient (Wildman–Crippen LogP) is 3.18. The van der Waals surface area contributed by atoms with E-state index in [1.807, 2.05) is 0 Å². The summed E-state index contributed by atoms with van der Waals surface area (Å²) in [6, 6.07) is 3.05. The molecule has 0 aliphatic rings. The van der Waals surface area contributed by atoms with Crippen molar-refractivity contribution in [3.8, 4) is 0 Å². The zero-order valence-electron chi connectivity index (χ0n) is 13.2. The smallest absolute Gasteiger partial charge is 0.385 e. The van der Waals surface area contributed by atoms with E-state index < -0.39 is 23.3 Å². The van der Waals surface area contributed by atoms with Crippen molar-refractivity contribution in [2.75, 3.05) is 32.1 Å². The number of anilines is 1. The molecule has 0 aliphatic carbocycles. The van der Waals surface area contributed by atoms with Gasteiger partial charge in [0, 0.05) is 32.2 Å². The summed E-state index contributed by atoms with van der Waals surface area (Å²) in [6.07, 6.45) is -4.15. The molecule has 0 saturated carbocycles. The van der Waals surface area contributed by atoms with Crippen molar-refractivity contribution < 1.29 is 27.5 Å². The van der Waals surface area contributed by atoms with Crippen molar-refractivity contribution in [1.82, 2.24) is 4.90 Å². The monoisotopic (exact) mass is 366 g/mol. The van der Waals surface area contributed by atoms with Crippen LogP contribution < -0.4 is 5.32 Å². The maximum atomic E-state index is 13.0. The predicted molar refractivity (Wildman–Crippen MR) is 83.8 cm³/mol. The quantitative estimate of drug-likeness (QED) is 0.754. The van der Waals surface area contributed by atoms with E-state index in [0.717, 1.165) is 12.1 Å². The Morgan fingerprint density at radius 3 is 2.54 bits per heavy atom. The third-order valence-electron chi connectivity index (χ3n) is 3.12. The minimum absolute atomic E-state index is 0.0924. The third kappa shape index (κ3) is 6.37. The minimum atomic E-state index is -4.66. The summed E-state index contributed by atoms with van der Waals surface area (Å²) in [5, 5.41) is 2.08. The molecule has 1 aromatic rings. The van der Waals surface area contributed by atoms with Gasteiger partial charge in [0.15, 0.2) is 0 Å². The second-order valence-electron chi connectivity index (χ2n) is 5.02. The van der Waals surface area contributed by atoms with Crippen LogP contribution in [0.2, 0.25) is 5.02 Å². The van der Waals surface area contributed by atoms with Crippen LogP contribution in [0.5, 0.6) is 0 Å². The fraction of sp³-hybridized carbons (Fsp3) is 0.467. The van der Waals surface area contributed by atoms with E-state index in [4.69, 9.17) is 16.3 Å². The maximum absolute atomic E-state index is 13.0. The molecule has 0 fully saturated rings. The summed E-state index contributed by atoms with van der Waals surface area (Å²) in [4.78, 5) is 24.7. The van der Waals surface area contributed by atoms with Crippen LogP contribution in [0.1, 0.15) is 18.9 Å². The van der Waals surface area contributed by atoms with E-state index in [1.54, 1.807) is 0 Å². The summed E-state index contributed by atoms with van der Waals surface area (Å²) >= 11 is 5.58. The van der Waals surface area contributed by atoms with Gasteiger partial charge in [-0.2, -0.15) is 13.2 Å². The average Bonchev–Trinajstić information content (AvgIpc) is 2.47. The van der Waals surface area contributed by atoms with Gasteiger partial charge in [-0.1, -0.05) is 11.6 Å². The highest BCUT2D eigenvalue weighted by Crippen LogP contribution is 2.36. The van der Waals surface area contributed by atoms with Crippen LogP contribution in [0.3, 0.4) is 0 Å². The van der Waals surface area contributed by atoms with Crippen LogP contribution >= 0.6 is 11.6 Å². The summed E-state index contributed by atoms with van der Waals surface area (Å²) in [5.41, 5.74) is -1.45. The molecule has 1 N–H and O–H groups in total. The molecule has 0 aromatic heterocycles. The van der Waals surface area contributed by atoms with Gasteiger partial charge in [0.2, 0.25) is 11.8 Å². The fourth-order valence-corrected chi connectivity index (χ4v) is 2.14. The number of halogens is 4. The van der Waals surface area contributed by atoms with E-state index in [1.165, 1.54) is 25.0 Å². The van der Waals surface area contributed by atoms with E-state index >= 15 is 0 Å². The Bertz CT molecular complexity index is 594. The molecule has 5 nitrogen and oxygen atoms in total. The molecule has 0 saturated heterocycles. The Hall–Kier alpha value is -1.80. The Morgan fingerprint density at radius 1 is 1.33 bits per heavy atom. The van der Waals surface area contributed by atoms with Crippen molar-refractivity contribution in [2.45, 2.75) is 19.5 Å². The van der Waals surface area contributed by atoms with Gasteiger partial charge in [0.05, 0.1) is 17.8 Å². The Labute approximate surface area is 142 Å². The van der Waals surface area contributed by atoms with Crippen LogP contribution in [0.25, 0.3) is 0 Å². The van der Waals surface area contributed by atoms with E-state index in [9.17, 15) is 22.8 Å². The van der Waals surface area contributed by atoms with Crippen molar-refractivity contribution >= 4 is 29.1 Å². The number of carbonyl (C=O) groups excluding carboxylic acids is 2. The van der Waals surface area contributed by atoms with Gasteiger partial charge in [-0.15, -0.1) is 0 Å². The first kappa shape index (κ1) is 20.2. The van der Waals surface area contributed by atoms with E-state index in [0.29, 0.717) is 13.0 Å². The molecule has 1 rings (SSSR count). The van der Waals surface area contributed by atoms with Gasteiger partial charge in [-0.3, -0.25) is 9.59 Å². The first-order chi connectivity index (χ1) is 11.1. The summed E-state index contributed by atoms with van der Waals surface area (Å²) in [6.45, 7) is 1.60. The second-order valence-corrected chi connectivity index (χ2v) is 5.46. The number of hydrogen-bond donors (Lipinski definition) is 1. The summed E-state index contributed by atoms with van der Waals surface area (Å²) in [7, 11) is 1.50. The number of amides is 2. The highest BCUT2D eigenvalue weighted by Gasteiger charge is 2.34. The van der Waals surface area contributed by atoms with Gasteiger partial charge in [-0.05, 0) is 24.6 Å². The van der Waals surface area contributed by atoms with Crippen molar-refractivity contribution in [3.05, 3.63) is 28.8 Å². The lowest BCUT2D eigenvalue weighted by Gasteiger charge is -2.21. The number of benzene rings is 1. The molecular formula is C15H18ClF3N2O3. The van der Waals surface area contributed by atoms with Crippen molar-refractivity contribution in [2.24, 2.45) is 0 Å². The molecular weight excluding hydrogens is 349 g/mol. The van der Waals surface area contributed by atoms with Gasteiger partial charge < -0.3 is 15.0 Å². The van der Waals surface area contributed by atoms with Crippen LogP contribution in [-0.4, -0.2) is 43.5 Å². The number of nitrogens with one attached hydrogen (secondary N) is 1. The zero-order valence-corrected chi connectivity index (χ0v) is 14.0. The largest absolute Gasteiger partial charge is 0.418 e. The Morgan fingerprint density at radius 2 is 2.00 bits per heavy atom. The SMILES string of the molecule is COCCCN(CC(=O)Nc1ccc(Cl)cc1C(F)(F)F)C(C)=O. The first-order valence-corrected chi connectivity index (χ1v) is 7.44. The standard InChI is InChI=1S/C15H18ClF3N2O3/c1-10(22)21(6-3-7-24-2)9-14(23)20-13-5-4-11(16)8-12(13)15(17,18)19/h4-5,8H,3,6-7,9H2,1-2H3,(H,20,23). The molecule has 0 bridgehead atoms. The lowest BCUT2D eigenvalue weighted by molar-refractivity contribution is -0.137. The van der Waals surface area contributed by atoms with Crippen LogP contribution in [-0.2, 0) is 20.5 Å². The average molecular weight is 367 g/mol. The topological polar surface area (TPSA) is 58.6 Å². The van der Waals surface area contributed by atoms with Crippen LogP contribution in [0.15, 0.2) is 18.2 Å². The zero-order chi connectivity index (χ0) is 18.3. The van der Waals surface area contributed by atoms with Gasteiger partial charge in [0.1, 0.15) is 0 Å². The van der Waals surface area contributed by atoms with Crippen LogP contribution in [0.4, 0.5) is 18.9 Å². The maximum Gasteiger partial charge on any atom is 0.418 e. The molecule has 0 radical (unpaired) electrons. The summed E-state index contributed by atoms with van der Waals surface area (Å²) in [5.74, 6) is -1.08. The molecule has 0 atom stereocenters. The van der Waals surface area contributed by atoms with Crippen LogP contribution in [0, 0.1) is 0 Å². The van der Waals surface area contributed by atoms with Gasteiger partial charge >= 0.3 is 6.18 Å². The normalized spacial score (nSPS) is 11.2. The minimum Gasteiger partial charge on any atom is -0.385 e. The van der Waals surface area contributed by atoms with Crippen molar-refractivity contribution in [1.29, 1.82) is 0 Å². The molecule has 0 heterocycles. The van der Waals surface area contributed by atoms with Gasteiger partial charge in [0.25, 0.3) is 0 Å². The number of alkyl halides is 3. The highest BCUT2D eigenvalue weighted by molar-refractivity contribution is 6.30. The lowest BCUT2D eigenvalue weighted by Crippen LogP contribution is -2.37. The van der Waals surface area contributed by atoms with Gasteiger partial charge in [-0.25, -0.2) is 0 Å². The molecule has 134 valence electrons. The van der Waals surface area contributed by atoms with E-state index in [2.05, 4.69) is 5.32 Å². The molecule has 24 heavy (non-hydrogen) atoms. The molecule has 0 spiro atoms. The number of nitrogens with zero attached hydrogens (tertiary/aromatic N) is 1.